The summed E-state index contributed by atoms with van der Waals surface area (Å²) in [6, 6.07) is 4.46. The number of rotatable bonds is 4. The third-order valence-electron chi connectivity index (χ3n) is 4.58. The number of carbonyl (C=O) groups excluding carboxylic acids is 1. The highest BCUT2D eigenvalue weighted by Crippen LogP contribution is 2.39. The van der Waals surface area contributed by atoms with Gasteiger partial charge in [-0.1, -0.05) is 24.6 Å². The quantitative estimate of drug-likeness (QED) is 0.920. The van der Waals surface area contributed by atoms with Crippen LogP contribution in [-0.2, 0) is 11.2 Å². The summed E-state index contributed by atoms with van der Waals surface area (Å²) in [7, 11) is 0. The van der Waals surface area contributed by atoms with Gasteiger partial charge in [-0.05, 0) is 49.3 Å². The van der Waals surface area contributed by atoms with Crippen LogP contribution >= 0.6 is 11.6 Å². The van der Waals surface area contributed by atoms with E-state index in [1.807, 2.05) is 0 Å². The van der Waals surface area contributed by atoms with Gasteiger partial charge in [-0.25, -0.2) is 4.39 Å². The summed E-state index contributed by atoms with van der Waals surface area (Å²) in [6.45, 7) is 2.55. The second kappa shape index (κ2) is 6.23. The van der Waals surface area contributed by atoms with Crippen LogP contribution < -0.4 is 5.73 Å². The highest BCUT2D eigenvalue weighted by molar-refractivity contribution is 6.30. The molecule has 2 N–H and O–H groups in total. The average Bonchev–Trinajstić information content (AvgIpc) is 2.43. The maximum atomic E-state index is 13.8. The minimum atomic E-state index is -0.460. The van der Waals surface area contributed by atoms with Gasteiger partial charge in [0.25, 0.3) is 0 Å². The molecule has 1 aliphatic carbocycles. The molecule has 110 valence electrons. The molecule has 0 bridgehead atoms. The number of hydrogen-bond acceptors (Lipinski definition) is 2. The van der Waals surface area contributed by atoms with Crippen LogP contribution in [0.4, 0.5) is 4.39 Å². The van der Waals surface area contributed by atoms with E-state index in [1.54, 1.807) is 12.1 Å². The fraction of sp³-hybridized carbons (Fsp3) is 0.562. The van der Waals surface area contributed by atoms with E-state index in [-0.39, 0.29) is 12.2 Å². The van der Waals surface area contributed by atoms with E-state index in [0.29, 0.717) is 23.0 Å². The maximum Gasteiger partial charge on any atom is 0.144 e. The molecule has 0 saturated heterocycles. The Bertz CT molecular complexity index is 495. The van der Waals surface area contributed by atoms with Crippen molar-refractivity contribution in [2.45, 2.75) is 39.0 Å². The Kier molecular flexibility index (Phi) is 4.82. The van der Waals surface area contributed by atoms with Crippen molar-refractivity contribution >= 4 is 17.4 Å². The molecule has 2 rings (SSSR count). The van der Waals surface area contributed by atoms with Gasteiger partial charge >= 0.3 is 0 Å². The summed E-state index contributed by atoms with van der Waals surface area (Å²) in [4.78, 5) is 12.6. The molecule has 0 spiro atoms. The molecule has 20 heavy (non-hydrogen) atoms. The predicted octanol–water partition coefficient (Wildman–Crippen LogP) is 3.75. The van der Waals surface area contributed by atoms with E-state index in [0.717, 1.165) is 25.7 Å². The first-order chi connectivity index (χ1) is 9.47. The lowest BCUT2D eigenvalue weighted by Gasteiger charge is -2.37. The lowest BCUT2D eigenvalue weighted by Crippen LogP contribution is -2.42. The Morgan fingerprint density at radius 2 is 2.10 bits per heavy atom. The number of benzene rings is 1. The van der Waals surface area contributed by atoms with Crippen LogP contribution in [0.25, 0.3) is 0 Å². The van der Waals surface area contributed by atoms with Crippen LogP contribution in [0.5, 0.6) is 0 Å². The van der Waals surface area contributed by atoms with Crippen LogP contribution in [0, 0.1) is 17.2 Å². The molecule has 4 heteroatoms. The SMILES string of the molecule is CC1CCC(CN)(C(=O)Cc2ccc(Cl)cc2F)CC1. The van der Waals surface area contributed by atoms with Crippen molar-refractivity contribution in [3.05, 3.63) is 34.6 Å². The Balaban J connectivity index is 2.13. The number of Topliss-reactive ketones (excluding diaryl/α,β-unsaturated/α-hetero) is 1. The molecule has 0 aliphatic heterocycles. The number of hydrogen-bond donors (Lipinski definition) is 1. The van der Waals surface area contributed by atoms with Gasteiger partial charge in [0.2, 0.25) is 0 Å². The van der Waals surface area contributed by atoms with Crippen LogP contribution in [0.3, 0.4) is 0 Å². The second-order valence-electron chi connectivity index (χ2n) is 6.00. The maximum absolute atomic E-state index is 13.8. The third-order valence-corrected chi connectivity index (χ3v) is 4.81. The van der Waals surface area contributed by atoms with Gasteiger partial charge in [0, 0.05) is 23.4 Å². The number of nitrogens with two attached hydrogens (primary N) is 1. The summed E-state index contributed by atoms with van der Waals surface area (Å²) in [5.41, 5.74) is 5.81. The van der Waals surface area contributed by atoms with E-state index in [2.05, 4.69) is 6.92 Å². The van der Waals surface area contributed by atoms with Gasteiger partial charge in [0.15, 0.2) is 0 Å². The van der Waals surface area contributed by atoms with Crippen molar-refractivity contribution in [2.75, 3.05) is 6.54 Å². The molecule has 1 saturated carbocycles. The second-order valence-corrected chi connectivity index (χ2v) is 6.44. The molecule has 1 aromatic carbocycles. The summed E-state index contributed by atoms with van der Waals surface area (Å²) in [5, 5.41) is 0.346. The van der Waals surface area contributed by atoms with Crippen LogP contribution in [0.2, 0.25) is 5.02 Å². The third kappa shape index (κ3) is 3.21. The zero-order valence-corrected chi connectivity index (χ0v) is 12.5. The summed E-state index contributed by atoms with van der Waals surface area (Å²) < 4.78 is 13.8. The molecule has 1 aliphatic rings. The van der Waals surface area contributed by atoms with Gasteiger partial charge in [-0.2, -0.15) is 0 Å². The Hall–Kier alpha value is -0.930. The average molecular weight is 298 g/mol. The van der Waals surface area contributed by atoms with E-state index < -0.39 is 11.2 Å². The molecular formula is C16H21ClFNO. The number of halogens is 2. The predicted molar refractivity (Wildman–Crippen MR) is 79.2 cm³/mol. The van der Waals surface area contributed by atoms with E-state index in [4.69, 9.17) is 17.3 Å². The molecule has 0 aromatic heterocycles. The van der Waals surface area contributed by atoms with E-state index in [9.17, 15) is 9.18 Å². The van der Waals surface area contributed by atoms with Crippen molar-refractivity contribution in [2.24, 2.45) is 17.1 Å². The first kappa shape index (κ1) is 15.5. The summed E-state index contributed by atoms with van der Waals surface area (Å²) >= 11 is 5.73. The Morgan fingerprint density at radius 3 is 2.65 bits per heavy atom. The van der Waals surface area contributed by atoms with E-state index >= 15 is 0 Å². The smallest absolute Gasteiger partial charge is 0.144 e. The fourth-order valence-corrected chi connectivity index (χ4v) is 3.10. The highest BCUT2D eigenvalue weighted by atomic mass is 35.5. The van der Waals surface area contributed by atoms with Crippen molar-refractivity contribution in [3.8, 4) is 0 Å². The van der Waals surface area contributed by atoms with Crippen molar-refractivity contribution in [1.82, 2.24) is 0 Å². The van der Waals surface area contributed by atoms with E-state index in [1.165, 1.54) is 6.07 Å². The number of carbonyl (C=O) groups is 1. The summed E-state index contributed by atoms with van der Waals surface area (Å²) in [5.74, 6) is 0.296. The normalized spacial score (nSPS) is 26.5. The lowest BCUT2D eigenvalue weighted by molar-refractivity contribution is -0.129. The van der Waals surface area contributed by atoms with Crippen LogP contribution in [-0.4, -0.2) is 12.3 Å². The molecule has 0 atom stereocenters. The van der Waals surface area contributed by atoms with Crippen molar-refractivity contribution in [3.63, 3.8) is 0 Å². The lowest BCUT2D eigenvalue weighted by atomic mass is 9.67. The monoisotopic (exact) mass is 297 g/mol. The van der Waals surface area contributed by atoms with Gasteiger partial charge in [0.1, 0.15) is 11.6 Å². The molecule has 0 radical (unpaired) electrons. The first-order valence-electron chi connectivity index (χ1n) is 7.14. The van der Waals surface area contributed by atoms with Gasteiger partial charge in [-0.15, -0.1) is 0 Å². The minimum absolute atomic E-state index is 0.0631. The van der Waals surface area contributed by atoms with Crippen molar-refractivity contribution < 1.29 is 9.18 Å². The largest absolute Gasteiger partial charge is 0.329 e. The zero-order chi connectivity index (χ0) is 14.8. The summed E-state index contributed by atoms with van der Waals surface area (Å²) in [6.07, 6.45) is 3.78. The molecule has 1 aromatic rings. The molecular weight excluding hydrogens is 277 g/mol. The Labute approximate surface area is 124 Å². The number of ketones is 1. The van der Waals surface area contributed by atoms with Crippen molar-refractivity contribution in [1.29, 1.82) is 0 Å². The Morgan fingerprint density at radius 1 is 1.45 bits per heavy atom. The first-order valence-corrected chi connectivity index (χ1v) is 7.52. The molecule has 0 unspecified atom stereocenters. The standard InChI is InChI=1S/C16H21ClFNO/c1-11-4-6-16(10-19,7-5-11)15(20)8-12-2-3-13(17)9-14(12)18/h2-3,9,11H,4-8,10,19H2,1H3. The minimum Gasteiger partial charge on any atom is -0.329 e. The zero-order valence-electron chi connectivity index (χ0n) is 11.8. The van der Waals surface area contributed by atoms with Crippen LogP contribution in [0.1, 0.15) is 38.2 Å². The molecule has 0 heterocycles. The van der Waals surface area contributed by atoms with Gasteiger partial charge in [-0.3, -0.25) is 4.79 Å². The molecule has 1 fully saturated rings. The molecule has 2 nitrogen and oxygen atoms in total. The highest BCUT2D eigenvalue weighted by Gasteiger charge is 2.39. The fourth-order valence-electron chi connectivity index (χ4n) is 2.94. The van der Waals surface area contributed by atoms with Gasteiger partial charge < -0.3 is 5.73 Å². The van der Waals surface area contributed by atoms with Gasteiger partial charge in [0.05, 0.1) is 0 Å². The molecule has 0 amide bonds. The van der Waals surface area contributed by atoms with Crippen LogP contribution in [0.15, 0.2) is 18.2 Å². The topological polar surface area (TPSA) is 43.1 Å².